The van der Waals surface area contributed by atoms with E-state index in [-0.39, 0.29) is 23.3 Å². The summed E-state index contributed by atoms with van der Waals surface area (Å²) >= 11 is 1.78. The standard InChI is InChI=1S/C20H30N4O2S/c1-20(13-21)6-9-24(14-20)18(25)16-3-2-7-22(12-16)19(26)23-8-4-17-15(11-23)5-10-27-17/h5,10,16H,2-4,6-9,11-14,21H2,1H3. The van der Waals surface area contributed by atoms with E-state index in [1.54, 1.807) is 11.3 Å². The molecule has 2 unspecified atom stereocenters. The van der Waals surface area contributed by atoms with E-state index in [4.69, 9.17) is 5.73 Å². The van der Waals surface area contributed by atoms with Crippen LogP contribution in [-0.4, -0.2) is 65.9 Å². The van der Waals surface area contributed by atoms with Crippen LogP contribution >= 0.6 is 11.3 Å². The van der Waals surface area contributed by atoms with Crippen molar-refractivity contribution in [1.82, 2.24) is 14.7 Å². The topological polar surface area (TPSA) is 69.9 Å². The van der Waals surface area contributed by atoms with E-state index in [1.807, 2.05) is 14.7 Å². The molecule has 2 fully saturated rings. The van der Waals surface area contributed by atoms with Crippen molar-refractivity contribution in [3.63, 3.8) is 0 Å². The minimum absolute atomic E-state index is 0.0475. The lowest BCUT2D eigenvalue weighted by molar-refractivity contribution is -0.136. The number of carbonyl (C=O) groups is 2. The van der Waals surface area contributed by atoms with Crippen LogP contribution in [0.25, 0.3) is 0 Å². The summed E-state index contributed by atoms with van der Waals surface area (Å²) in [5, 5.41) is 2.11. The Kier molecular flexibility index (Phi) is 5.16. The molecule has 1 aromatic rings. The summed E-state index contributed by atoms with van der Waals surface area (Å²) in [5.41, 5.74) is 7.21. The number of nitrogens with two attached hydrogens (primary N) is 1. The second-order valence-corrected chi connectivity index (χ2v) is 9.63. The normalized spacial score (nSPS) is 28.4. The number of fused-ring (bicyclic) bond motifs is 1. The first-order valence-corrected chi connectivity index (χ1v) is 10.9. The molecule has 0 aliphatic carbocycles. The molecule has 2 N–H and O–H groups in total. The average molecular weight is 391 g/mol. The van der Waals surface area contributed by atoms with Gasteiger partial charge in [-0.1, -0.05) is 6.92 Å². The van der Waals surface area contributed by atoms with E-state index in [0.717, 1.165) is 51.9 Å². The third kappa shape index (κ3) is 3.72. The highest BCUT2D eigenvalue weighted by Crippen LogP contribution is 2.31. The molecule has 4 heterocycles. The molecule has 0 spiro atoms. The lowest BCUT2D eigenvalue weighted by atomic mass is 9.90. The Bertz CT molecular complexity index is 721. The fraction of sp³-hybridized carbons (Fsp3) is 0.700. The van der Waals surface area contributed by atoms with Crippen molar-refractivity contribution < 1.29 is 9.59 Å². The van der Waals surface area contributed by atoms with Gasteiger partial charge in [-0.05, 0) is 54.7 Å². The molecule has 0 aromatic carbocycles. The van der Waals surface area contributed by atoms with Gasteiger partial charge in [0, 0.05) is 44.1 Å². The van der Waals surface area contributed by atoms with Gasteiger partial charge in [-0.15, -0.1) is 11.3 Å². The van der Waals surface area contributed by atoms with E-state index in [2.05, 4.69) is 18.4 Å². The summed E-state index contributed by atoms with van der Waals surface area (Å²) in [6, 6.07) is 2.22. The molecule has 2 saturated heterocycles. The van der Waals surface area contributed by atoms with E-state index in [9.17, 15) is 9.59 Å². The maximum absolute atomic E-state index is 13.0. The Morgan fingerprint density at radius 2 is 2.11 bits per heavy atom. The monoisotopic (exact) mass is 390 g/mol. The van der Waals surface area contributed by atoms with Crippen molar-refractivity contribution in [2.24, 2.45) is 17.1 Å². The predicted molar refractivity (Wildman–Crippen MR) is 106 cm³/mol. The first-order valence-electron chi connectivity index (χ1n) is 10.1. The van der Waals surface area contributed by atoms with Crippen LogP contribution in [0.5, 0.6) is 0 Å². The summed E-state index contributed by atoms with van der Waals surface area (Å²) in [6.45, 7) is 7.12. The van der Waals surface area contributed by atoms with Crippen LogP contribution in [0.1, 0.15) is 36.6 Å². The fourth-order valence-corrected chi connectivity index (χ4v) is 5.49. The van der Waals surface area contributed by atoms with Gasteiger partial charge in [-0.2, -0.15) is 0 Å². The minimum atomic E-state index is -0.0654. The number of piperidine rings is 1. The van der Waals surface area contributed by atoms with Gasteiger partial charge in [0.1, 0.15) is 0 Å². The smallest absolute Gasteiger partial charge is 0.320 e. The van der Waals surface area contributed by atoms with Crippen LogP contribution in [0, 0.1) is 11.3 Å². The van der Waals surface area contributed by atoms with Crippen LogP contribution < -0.4 is 5.73 Å². The third-order valence-corrected chi connectivity index (χ3v) is 7.50. The van der Waals surface area contributed by atoms with Crippen LogP contribution in [0.4, 0.5) is 4.79 Å². The van der Waals surface area contributed by atoms with E-state index < -0.39 is 0 Å². The average Bonchev–Trinajstić information content (AvgIpc) is 3.33. The Labute approximate surface area is 165 Å². The zero-order chi connectivity index (χ0) is 19.0. The Balaban J connectivity index is 1.37. The SMILES string of the molecule is CC1(CN)CCN(C(=O)C2CCCN(C(=O)N3CCc4sccc4C3)C2)C1. The van der Waals surface area contributed by atoms with Gasteiger partial charge in [0.25, 0.3) is 0 Å². The summed E-state index contributed by atoms with van der Waals surface area (Å²) in [4.78, 5) is 33.3. The molecular weight excluding hydrogens is 360 g/mol. The van der Waals surface area contributed by atoms with E-state index in [0.29, 0.717) is 19.6 Å². The van der Waals surface area contributed by atoms with Crippen molar-refractivity contribution >= 4 is 23.3 Å². The molecule has 27 heavy (non-hydrogen) atoms. The molecule has 3 amide bonds. The number of thiophene rings is 1. The van der Waals surface area contributed by atoms with Gasteiger partial charge < -0.3 is 20.4 Å². The summed E-state index contributed by atoms with van der Waals surface area (Å²) in [6.07, 6.45) is 3.70. The number of urea groups is 1. The number of rotatable bonds is 2. The van der Waals surface area contributed by atoms with Gasteiger partial charge in [0.2, 0.25) is 5.91 Å². The van der Waals surface area contributed by atoms with Crippen LogP contribution in [-0.2, 0) is 17.8 Å². The van der Waals surface area contributed by atoms with Crippen LogP contribution in [0.2, 0.25) is 0 Å². The van der Waals surface area contributed by atoms with Gasteiger partial charge in [0.15, 0.2) is 0 Å². The van der Waals surface area contributed by atoms with Crippen LogP contribution in [0.15, 0.2) is 11.4 Å². The zero-order valence-corrected chi connectivity index (χ0v) is 17.0. The van der Waals surface area contributed by atoms with Gasteiger partial charge in [-0.25, -0.2) is 4.79 Å². The van der Waals surface area contributed by atoms with Gasteiger partial charge in [-0.3, -0.25) is 4.79 Å². The quantitative estimate of drug-likeness (QED) is 0.841. The summed E-state index contributed by atoms with van der Waals surface area (Å²) in [5.74, 6) is 0.146. The molecule has 3 aliphatic rings. The first-order chi connectivity index (χ1) is 13.0. The second kappa shape index (κ2) is 7.43. The molecule has 3 aliphatic heterocycles. The molecule has 148 valence electrons. The molecular formula is C20H30N4O2S. The largest absolute Gasteiger partial charge is 0.342 e. The molecule has 4 rings (SSSR count). The van der Waals surface area contributed by atoms with E-state index in [1.165, 1.54) is 10.4 Å². The lowest BCUT2D eigenvalue weighted by Crippen LogP contribution is -2.51. The minimum Gasteiger partial charge on any atom is -0.342 e. The fourth-order valence-electron chi connectivity index (χ4n) is 4.60. The number of likely N-dealkylation sites (tertiary alicyclic amines) is 2. The van der Waals surface area contributed by atoms with Crippen molar-refractivity contribution in [2.45, 2.75) is 39.2 Å². The Hall–Kier alpha value is -1.60. The van der Waals surface area contributed by atoms with Crippen LogP contribution in [0.3, 0.4) is 0 Å². The van der Waals surface area contributed by atoms with E-state index >= 15 is 0 Å². The molecule has 0 bridgehead atoms. The maximum Gasteiger partial charge on any atom is 0.320 e. The van der Waals surface area contributed by atoms with Crippen molar-refractivity contribution in [1.29, 1.82) is 0 Å². The van der Waals surface area contributed by atoms with Gasteiger partial charge >= 0.3 is 6.03 Å². The first kappa shape index (κ1) is 18.7. The third-order valence-electron chi connectivity index (χ3n) is 6.48. The Morgan fingerprint density at radius 1 is 1.26 bits per heavy atom. The number of nitrogens with zero attached hydrogens (tertiary/aromatic N) is 3. The highest BCUT2D eigenvalue weighted by molar-refractivity contribution is 7.10. The van der Waals surface area contributed by atoms with Gasteiger partial charge in [0.05, 0.1) is 5.92 Å². The molecule has 0 radical (unpaired) electrons. The highest BCUT2D eigenvalue weighted by atomic mass is 32.1. The number of hydrogen-bond acceptors (Lipinski definition) is 4. The molecule has 2 atom stereocenters. The zero-order valence-electron chi connectivity index (χ0n) is 16.2. The molecule has 0 saturated carbocycles. The predicted octanol–water partition coefficient (Wildman–Crippen LogP) is 2.14. The summed E-state index contributed by atoms with van der Waals surface area (Å²) < 4.78 is 0. The maximum atomic E-state index is 13.0. The highest BCUT2D eigenvalue weighted by Gasteiger charge is 2.39. The number of carbonyl (C=O) groups excluding carboxylic acids is 2. The number of amides is 3. The van der Waals surface area contributed by atoms with Crippen molar-refractivity contribution in [3.05, 3.63) is 21.9 Å². The second-order valence-electron chi connectivity index (χ2n) is 8.63. The van der Waals surface area contributed by atoms with Crippen molar-refractivity contribution in [3.8, 4) is 0 Å². The molecule has 6 nitrogen and oxygen atoms in total. The van der Waals surface area contributed by atoms with Crippen molar-refractivity contribution in [2.75, 3.05) is 39.3 Å². The lowest BCUT2D eigenvalue weighted by Gasteiger charge is -2.38. The Morgan fingerprint density at radius 3 is 2.89 bits per heavy atom. The molecule has 7 heteroatoms. The molecule has 1 aromatic heterocycles. The number of hydrogen-bond donors (Lipinski definition) is 1. The summed E-state index contributed by atoms with van der Waals surface area (Å²) in [7, 11) is 0.